The fraction of sp³-hybridized carbons (Fsp3) is 0.375. The number of hydrogen-bond acceptors (Lipinski definition) is 5. The van der Waals surface area contributed by atoms with Gasteiger partial charge in [0.15, 0.2) is 16.6 Å². The lowest BCUT2D eigenvalue weighted by Crippen LogP contribution is -2.04. The van der Waals surface area contributed by atoms with Crippen molar-refractivity contribution in [3.05, 3.63) is 23.1 Å². The summed E-state index contributed by atoms with van der Waals surface area (Å²) in [7, 11) is 0. The minimum Gasteiger partial charge on any atom is -0.454 e. The van der Waals surface area contributed by atoms with Crippen LogP contribution < -0.4 is 14.8 Å². The van der Waals surface area contributed by atoms with Gasteiger partial charge >= 0.3 is 0 Å². The highest BCUT2D eigenvalue weighted by Gasteiger charge is 2.19. The van der Waals surface area contributed by atoms with Crippen LogP contribution in [0.1, 0.15) is 25.6 Å². The summed E-state index contributed by atoms with van der Waals surface area (Å²) in [6.07, 6.45) is 0.918. The van der Waals surface area contributed by atoms with Crippen molar-refractivity contribution in [1.82, 2.24) is 4.98 Å². The highest BCUT2D eigenvalue weighted by atomic mass is 32.1. The van der Waals surface area contributed by atoms with E-state index in [1.54, 1.807) is 0 Å². The first-order chi connectivity index (χ1) is 10.5. The first-order valence-electron chi connectivity index (χ1n) is 7.20. The average Bonchev–Trinajstić information content (AvgIpc) is 3.03. The van der Waals surface area contributed by atoms with Gasteiger partial charge in [0.1, 0.15) is 0 Å². The molecule has 0 saturated heterocycles. The number of ether oxygens (including phenoxy) is 2. The van der Waals surface area contributed by atoms with E-state index in [0.717, 1.165) is 34.1 Å². The number of benzene rings is 1. The highest BCUT2D eigenvalue weighted by molar-refractivity contribution is 7.16. The zero-order valence-corrected chi connectivity index (χ0v) is 13.6. The molecule has 1 aliphatic heterocycles. The molecular formula is C16H18N2O3S. The van der Waals surface area contributed by atoms with Crippen LogP contribution in [0.15, 0.2) is 18.2 Å². The van der Waals surface area contributed by atoms with E-state index >= 15 is 0 Å². The predicted octanol–water partition coefficient (Wildman–Crippen LogP) is 3.70. The third-order valence-corrected chi connectivity index (χ3v) is 4.21. The zero-order valence-electron chi connectivity index (χ0n) is 12.8. The monoisotopic (exact) mass is 318 g/mol. The summed E-state index contributed by atoms with van der Waals surface area (Å²) < 4.78 is 10.8. The first-order valence-corrected chi connectivity index (χ1v) is 8.02. The number of fused-ring (bicyclic) bond motifs is 1. The van der Waals surface area contributed by atoms with Crippen LogP contribution in [-0.2, 0) is 11.2 Å². The molecule has 0 saturated carbocycles. The van der Waals surface area contributed by atoms with Crippen LogP contribution >= 0.6 is 11.3 Å². The Hall–Kier alpha value is -2.08. The smallest absolute Gasteiger partial charge is 0.231 e. The first kappa shape index (κ1) is 14.8. The van der Waals surface area contributed by atoms with Gasteiger partial charge in [0.25, 0.3) is 0 Å². The zero-order chi connectivity index (χ0) is 15.7. The van der Waals surface area contributed by atoms with Gasteiger partial charge in [-0.3, -0.25) is 4.79 Å². The van der Waals surface area contributed by atoms with Gasteiger partial charge in [0.05, 0.1) is 5.69 Å². The predicted molar refractivity (Wildman–Crippen MR) is 86.5 cm³/mol. The van der Waals surface area contributed by atoms with E-state index in [2.05, 4.69) is 24.1 Å². The molecule has 1 aliphatic rings. The number of nitrogens with one attached hydrogen (secondary N) is 1. The molecule has 0 fully saturated rings. The number of anilines is 1. The van der Waals surface area contributed by atoms with Crippen molar-refractivity contribution < 1.29 is 14.3 Å². The van der Waals surface area contributed by atoms with Crippen LogP contribution in [-0.4, -0.2) is 17.7 Å². The normalized spacial score (nSPS) is 12.7. The molecule has 2 heterocycles. The molecule has 116 valence electrons. The number of hydrogen-bond donors (Lipinski definition) is 1. The fourth-order valence-corrected chi connectivity index (χ4v) is 3.58. The number of thiazole rings is 1. The minimum absolute atomic E-state index is 0.109. The van der Waals surface area contributed by atoms with Gasteiger partial charge in [-0.1, -0.05) is 13.8 Å². The molecule has 3 rings (SSSR count). The van der Waals surface area contributed by atoms with Crippen molar-refractivity contribution in [3.63, 3.8) is 0 Å². The topological polar surface area (TPSA) is 60.5 Å². The van der Waals surface area contributed by atoms with Crippen molar-refractivity contribution >= 4 is 22.4 Å². The van der Waals surface area contributed by atoms with Crippen LogP contribution in [0.2, 0.25) is 0 Å². The van der Waals surface area contributed by atoms with E-state index in [-0.39, 0.29) is 12.7 Å². The van der Waals surface area contributed by atoms with Gasteiger partial charge in [-0.25, -0.2) is 4.98 Å². The lowest BCUT2D eigenvalue weighted by atomic mass is 10.0. The minimum atomic E-state index is -0.109. The molecule has 5 nitrogen and oxygen atoms in total. The van der Waals surface area contributed by atoms with E-state index < -0.39 is 0 Å². The summed E-state index contributed by atoms with van der Waals surface area (Å²) in [5.74, 6) is 1.90. The second-order valence-electron chi connectivity index (χ2n) is 5.64. The van der Waals surface area contributed by atoms with Crippen molar-refractivity contribution in [3.8, 4) is 22.8 Å². The third-order valence-electron chi connectivity index (χ3n) is 3.22. The lowest BCUT2D eigenvalue weighted by Gasteiger charge is -2.05. The second kappa shape index (κ2) is 5.96. The molecule has 0 unspecified atom stereocenters. The number of carbonyl (C=O) groups excluding carboxylic acids is 1. The number of rotatable bonds is 4. The maximum atomic E-state index is 11.3. The fourth-order valence-electron chi connectivity index (χ4n) is 2.33. The number of carbonyl (C=O) groups is 1. The Morgan fingerprint density at radius 2 is 2.14 bits per heavy atom. The summed E-state index contributed by atoms with van der Waals surface area (Å²) in [6.45, 7) is 6.08. The molecule has 0 radical (unpaired) electrons. The summed E-state index contributed by atoms with van der Waals surface area (Å²) in [6, 6.07) is 5.82. The van der Waals surface area contributed by atoms with E-state index in [9.17, 15) is 4.79 Å². The molecule has 1 aromatic heterocycles. The molecule has 0 aliphatic carbocycles. The number of aromatic nitrogens is 1. The van der Waals surface area contributed by atoms with E-state index in [1.807, 2.05) is 18.2 Å². The maximum absolute atomic E-state index is 11.3. The summed E-state index contributed by atoms with van der Waals surface area (Å²) in [5, 5.41) is 3.41. The maximum Gasteiger partial charge on any atom is 0.231 e. The van der Waals surface area contributed by atoms with Crippen LogP contribution in [0.3, 0.4) is 0 Å². The molecule has 0 spiro atoms. The van der Waals surface area contributed by atoms with Crippen LogP contribution in [0.25, 0.3) is 11.3 Å². The third kappa shape index (κ3) is 3.06. The van der Waals surface area contributed by atoms with Gasteiger partial charge in [-0.2, -0.15) is 0 Å². The van der Waals surface area contributed by atoms with Gasteiger partial charge in [0, 0.05) is 17.4 Å². The molecule has 0 bridgehead atoms. The van der Waals surface area contributed by atoms with Crippen molar-refractivity contribution in [2.45, 2.75) is 27.2 Å². The Morgan fingerprint density at radius 1 is 1.36 bits per heavy atom. The van der Waals surface area contributed by atoms with Gasteiger partial charge in [0.2, 0.25) is 12.7 Å². The largest absolute Gasteiger partial charge is 0.454 e. The van der Waals surface area contributed by atoms with Gasteiger partial charge in [-0.15, -0.1) is 11.3 Å². The Labute approximate surface area is 133 Å². The summed E-state index contributed by atoms with van der Waals surface area (Å²) >= 11 is 1.53. The second-order valence-corrected chi connectivity index (χ2v) is 6.72. The SMILES string of the molecule is CC(=O)Nc1nc(-c2ccc3c(c2)OCO3)c(CC(C)C)s1. The van der Waals surface area contributed by atoms with E-state index in [0.29, 0.717) is 11.0 Å². The van der Waals surface area contributed by atoms with E-state index in [1.165, 1.54) is 18.3 Å². The average molecular weight is 318 g/mol. The molecule has 1 aromatic carbocycles. The molecule has 22 heavy (non-hydrogen) atoms. The van der Waals surface area contributed by atoms with Crippen LogP contribution in [0, 0.1) is 5.92 Å². The van der Waals surface area contributed by atoms with Gasteiger partial charge in [-0.05, 0) is 30.5 Å². The molecule has 2 aromatic rings. The van der Waals surface area contributed by atoms with Gasteiger partial charge < -0.3 is 14.8 Å². The van der Waals surface area contributed by atoms with Crippen LogP contribution in [0.4, 0.5) is 5.13 Å². The Kier molecular flexibility index (Phi) is 4.02. The number of nitrogens with zero attached hydrogens (tertiary/aromatic N) is 1. The molecule has 1 amide bonds. The Morgan fingerprint density at radius 3 is 2.86 bits per heavy atom. The van der Waals surface area contributed by atoms with Crippen LogP contribution in [0.5, 0.6) is 11.5 Å². The lowest BCUT2D eigenvalue weighted by molar-refractivity contribution is -0.114. The summed E-state index contributed by atoms with van der Waals surface area (Å²) in [4.78, 5) is 17.0. The molecular weight excluding hydrogens is 300 g/mol. The Balaban J connectivity index is 2.00. The molecule has 0 atom stereocenters. The summed E-state index contributed by atoms with van der Waals surface area (Å²) in [5.41, 5.74) is 1.88. The highest BCUT2D eigenvalue weighted by Crippen LogP contribution is 2.39. The van der Waals surface area contributed by atoms with Crippen molar-refractivity contribution in [1.29, 1.82) is 0 Å². The standard InChI is InChI=1S/C16H18N2O3S/c1-9(2)6-14-15(18-16(22-14)17-10(3)19)11-4-5-12-13(7-11)21-8-20-12/h4-5,7,9H,6,8H2,1-3H3,(H,17,18,19). The van der Waals surface area contributed by atoms with Crippen molar-refractivity contribution in [2.24, 2.45) is 5.92 Å². The molecule has 1 N–H and O–H groups in total. The molecule has 6 heteroatoms. The quantitative estimate of drug-likeness (QED) is 0.934. The Bertz CT molecular complexity index is 709. The van der Waals surface area contributed by atoms with Crippen molar-refractivity contribution in [2.75, 3.05) is 12.1 Å². The number of amides is 1. The van der Waals surface area contributed by atoms with E-state index in [4.69, 9.17) is 9.47 Å².